The number of ether oxygens (including phenoxy) is 4. The Morgan fingerprint density at radius 3 is 2.57 bits per heavy atom. The van der Waals surface area contributed by atoms with Crippen molar-refractivity contribution >= 4 is 0 Å². The molecule has 0 heterocycles. The lowest BCUT2D eigenvalue weighted by molar-refractivity contribution is -0.0565. The summed E-state index contributed by atoms with van der Waals surface area (Å²) in [5.74, 6) is 0.788. The van der Waals surface area contributed by atoms with Gasteiger partial charge in [0.15, 0.2) is 0 Å². The van der Waals surface area contributed by atoms with E-state index in [1.807, 2.05) is 30.3 Å². The molecule has 1 atom stereocenters. The summed E-state index contributed by atoms with van der Waals surface area (Å²) in [5.41, 5.74) is 0. The van der Waals surface area contributed by atoms with Crippen LogP contribution in [-0.2, 0) is 14.2 Å². The minimum absolute atomic E-state index is 0.00525. The van der Waals surface area contributed by atoms with E-state index < -0.39 is 0 Å². The highest BCUT2D eigenvalue weighted by Gasteiger charge is 2.10. The molecular weight excluding hydrogens is 272 g/mol. The van der Waals surface area contributed by atoms with Crippen molar-refractivity contribution in [1.29, 1.82) is 0 Å². The zero-order valence-corrected chi connectivity index (χ0v) is 12.3. The Morgan fingerprint density at radius 2 is 1.86 bits per heavy atom. The smallest absolute Gasteiger partial charge is 0.119 e. The molecule has 5 nitrogen and oxygen atoms in total. The monoisotopic (exact) mass is 296 g/mol. The van der Waals surface area contributed by atoms with E-state index in [9.17, 15) is 0 Å². The second-order valence-electron chi connectivity index (χ2n) is 4.28. The first-order valence-corrected chi connectivity index (χ1v) is 7.03. The van der Waals surface area contributed by atoms with Gasteiger partial charge in [-0.1, -0.05) is 24.3 Å². The lowest BCUT2D eigenvalue weighted by atomic mass is 10.3. The molecule has 0 aromatic heterocycles. The van der Waals surface area contributed by atoms with Crippen LogP contribution >= 0.6 is 0 Å². The number of para-hydroxylation sites is 1. The van der Waals surface area contributed by atoms with E-state index >= 15 is 0 Å². The minimum atomic E-state index is -0.205. The maximum atomic E-state index is 8.73. The summed E-state index contributed by atoms with van der Waals surface area (Å²) in [4.78, 5) is 0. The molecule has 1 N–H and O–H groups in total. The van der Waals surface area contributed by atoms with Crippen molar-refractivity contribution in [3.63, 3.8) is 0 Å². The average Bonchev–Trinajstić information content (AvgIpc) is 2.53. The van der Waals surface area contributed by atoms with Crippen molar-refractivity contribution in [2.24, 2.45) is 0 Å². The molecule has 1 unspecified atom stereocenters. The summed E-state index contributed by atoms with van der Waals surface area (Å²) in [7, 11) is 0. The molecule has 0 aliphatic carbocycles. The van der Waals surface area contributed by atoms with Crippen molar-refractivity contribution in [2.75, 3.05) is 46.2 Å². The largest absolute Gasteiger partial charge is 0.491 e. The third-order valence-electron chi connectivity index (χ3n) is 2.54. The number of hydrogen-bond acceptors (Lipinski definition) is 5. The third kappa shape index (κ3) is 9.20. The van der Waals surface area contributed by atoms with Crippen LogP contribution in [0.1, 0.15) is 0 Å². The van der Waals surface area contributed by atoms with Gasteiger partial charge in [0.1, 0.15) is 18.5 Å². The molecule has 0 aliphatic heterocycles. The van der Waals surface area contributed by atoms with Gasteiger partial charge < -0.3 is 24.1 Å². The van der Waals surface area contributed by atoms with Crippen molar-refractivity contribution in [2.45, 2.75) is 6.10 Å². The Morgan fingerprint density at radius 1 is 1.05 bits per heavy atom. The molecule has 0 saturated heterocycles. The summed E-state index contributed by atoms with van der Waals surface area (Å²) in [5, 5.41) is 8.73. The van der Waals surface area contributed by atoms with E-state index in [2.05, 4.69) is 6.58 Å². The summed E-state index contributed by atoms with van der Waals surface area (Å²) >= 11 is 0. The number of benzene rings is 1. The number of rotatable bonds is 13. The second kappa shape index (κ2) is 12.3. The first-order valence-electron chi connectivity index (χ1n) is 7.03. The molecule has 0 saturated carbocycles. The molecule has 1 aromatic rings. The molecule has 0 radical (unpaired) electrons. The van der Waals surface area contributed by atoms with Crippen molar-refractivity contribution in [3.05, 3.63) is 43.0 Å². The van der Waals surface area contributed by atoms with Crippen molar-refractivity contribution in [1.82, 2.24) is 0 Å². The molecule has 21 heavy (non-hydrogen) atoms. The zero-order chi connectivity index (χ0) is 15.2. The fourth-order valence-corrected chi connectivity index (χ4v) is 1.57. The fourth-order valence-electron chi connectivity index (χ4n) is 1.57. The summed E-state index contributed by atoms with van der Waals surface area (Å²) < 4.78 is 21.9. The van der Waals surface area contributed by atoms with E-state index in [4.69, 9.17) is 24.1 Å². The summed E-state index contributed by atoms with van der Waals surface area (Å²) in [6.45, 7) is 6.08. The van der Waals surface area contributed by atoms with Gasteiger partial charge in [0.25, 0.3) is 0 Å². The molecule has 0 spiro atoms. The Labute approximate surface area is 126 Å². The molecule has 1 rings (SSSR count). The minimum Gasteiger partial charge on any atom is -0.491 e. The van der Waals surface area contributed by atoms with Crippen LogP contribution in [0, 0.1) is 0 Å². The predicted octanol–water partition coefficient (Wildman–Crippen LogP) is 1.66. The lowest BCUT2D eigenvalue weighted by Gasteiger charge is -2.18. The van der Waals surface area contributed by atoms with Crippen molar-refractivity contribution < 1.29 is 24.1 Å². The van der Waals surface area contributed by atoms with Gasteiger partial charge >= 0.3 is 0 Å². The van der Waals surface area contributed by atoms with Gasteiger partial charge in [-0.3, -0.25) is 0 Å². The van der Waals surface area contributed by atoms with Gasteiger partial charge in [-0.25, -0.2) is 0 Å². The summed E-state index contributed by atoms with van der Waals surface area (Å²) in [6, 6.07) is 9.53. The average molecular weight is 296 g/mol. The normalized spacial score (nSPS) is 12.0. The Balaban J connectivity index is 2.27. The maximum absolute atomic E-state index is 8.73. The molecular formula is C16H24O5. The quantitative estimate of drug-likeness (QED) is 0.443. The molecule has 0 bridgehead atoms. The van der Waals surface area contributed by atoms with Crippen LogP contribution in [0.4, 0.5) is 0 Å². The van der Waals surface area contributed by atoms with E-state index in [0.717, 1.165) is 5.75 Å². The van der Waals surface area contributed by atoms with Crippen LogP contribution < -0.4 is 4.74 Å². The molecule has 0 fully saturated rings. The molecule has 1 aromatic carbocycles. The number of hydrogen-bond donors (Lipinski definition) is 1. The molecule has 5 heteroatoms. The van der Waals surface area contributed by atoms with Gasteiger partial charge in [0.05, 0.1) is 39.6 Å². The van der Waals surface area contributed by atoms with E-state index in [0.29, 0.717) is 33.0 Å². The van der Waals surface area contributed by atoms with Gasteiger partial charge in [0, 0.05) is 0 Å². The third-order valence-corrected chi connectivity index (χ3v) is 2.54. The number of aliphatic hydroxyl groups excluding tert-OH is 1. The molecule has 0 amide bonds. The maximum Gasteiger partial charge on any atom is 0.119 e. The van der Waals surface area contributed by atoms with Crippen LogP contribution in [0.15, 0.2) is 43.0 Å². The second-order valence-corrected chi connectivity index (χ2v) is 4.28. The Kier molecular flexibility index (Phi) is 10.4. The van der Waals surface area contributed by atoms with E-state index in [-0.39, 0.29) is 19.3 Å². The van der Waals surface area contributed by atoms with Gasteiger partial charge in [-0.05, 0) is 12.1 Å². The summed E-state index contributed by atoms with van der Waals surface area (Å²) in [6.07, 6.45) is 1.49. The van der Waals surface area contributed by atoms with Crippen molar-refractivity contribution in [3.8, 4) is 5.75 Å². The highest BCUT2D eigenvalue weighted by molar-refractivity contribution is 5.20. The van der Waals surface area contributed by atoms with Crippen LogP contribution in [-0.4, -0.2) is 57.5 Å². The SMILES string of the molecule is C=CCOCCOC(COCCO)COc1ccccc1. The van der Waals surface area contributed by atoms with Crippen LogP contribution in [0.3, 0.4) is 0 Å². The topological polar surface area (TPSA) is 57.2 Å². The highest BCUT2D eigenvalue weighted by Crippen LogP contribution is 2.09. The van der Waals surface area contributed by atoms with E-state index in [1.165, 1.54) is 0 Å². The first kappa shape index (κ1) is 17.7. The lowest BCUT2D eigenvalue weighted by Crippen LogP contribution is -2.29. The zero-order valence-electron chi connectivity index (χ0n) is 12.3. The van der Waals surface area contributed by atoms with Gasteiger partial charge in [-0.15, -0.1) is 6.58 Å². The fraction of sp³-hybridized carbons (Fsp3) is 0.500. The van der Waals surface area contributed by atoms with Crippen LogP contribution in [0.2, 0.25) is 0 Å². The first-order chi connectivity index (χ1) is 10.4. The molecule has 0 aliphatic rings. The molecule has 118 valence electrons. The van der Waals surface area contributed by atoms with Gasteiger partial charge in [0.2, 0.25) is 0 Å². The standard InChI is InChI=1S/C16H24O5/c1-2-9-18-11-12-20-16(13-19-10-8-17)14-21-15-6-4-3-5-7-15/h2-7,16-17H,1,8-14H2. The Hall–Kier alpha value is -1.40. The van der Waals surface area contributed by atoms with Crippen LogP contribution in [0.25, 0.3) is 0 Å². The predicted molar refractivity (Wildman–Crippen MR) is 80.6 cm³/mol. The number of aliphatic hydroxyl groups is 1. The Bertz CT molecular complexity index is 355. The van der Waals surface area contributed by atoms with E-state index in [1.54, 1.807) is 6.08 Å². The van der Waals surface area contributed by atoms with Gasteiger partial charge in [-0.2, -0.15) is 0 Å². The van der Waals surface area contributed by atoms with Crippen LogP contribution in [0.5, 0.6) is 5.75 Å². The highest BCUT2D eigenvalue weighted by atomic mass is 16.6.